The van der Waals surface area contributed by atoms with E-state index in [0.717, 1.165) is 5.69 Å². The van der Waals surface area contributed by atoms with Crippen LogP contribution >= 0.6 is 0 Å². The van der Waals surface area contributed by atoms with Crippen molar-refractivity contribution in [3.8, 4) is 6.07 Å². The van der Waals surface area contributed by atoms with E-state index >= 15 is 0 Å². The van der Waals surface area contributed by atoms with Crippen LogP contribution in [-0.2, 0) is 4.79 Å². The Morgan fingerprint density at radius 2 is 1.46 bits per heavy atom. The number of amides is 2. The third kappa shape index (κ3) is 4.96. The second-order valence-electron chi connectivity index (χ2n) is 5.96. The number of para-hydroxylation sites is 2. The van der Waals surface area contributed by atoms with Crippen molar-refractivity contribution in [3.63, 3.8) is 0 Å². The molecule has 0 atom stereocenters. The molecule has 6 heteroatoms. The maximum atomic E-state index is 12.6. The smallest absolute Gasteiger partial charge is 0.257 e. The summed E-state index contributed by atoms with van der Waals surface area (Å²) in [5, 5.41) is 17.4. The molecule has 0 aliphatic heterocycles. The van der Waals surface area contributed by atoms with E-state index in [1.165, 1.54) is 0 Å². The van der Waals surface area contributed by atoms with Gasteiger partial charge in [0.1, 0.15) is 0 Å². The van der Waals surface area contributed by atoms with E-state index in [1.54, 1.807) is 60.7 Å². The zero-order valence-corrected chi connectivity index (χ0v) is 15.0. The Balaban J connectivity index is 1.62. The predicted octanol–water partition coefficient (Wildman–Crippen LogP) is 3.86. The van der Waals surface area contributed by atoms with Gasteiger partial charge in [0.05, 0.1) is 29.4 Å². The summed E-state index contributed by atoms with van der Waals surface area (Å²) >= 11 is 0. The molecule has 3 aromatic rings. The highest BCUT2D eigenvalue weighted by Crippen LogP contribution is 2.17. The van der Waals surface area contributed by atoms with Crippen LogP contribution in [0.15, 0.2) is 78.9 Å². The fourth-order valence-corrected chi connectivity index (χ4v) is 2.55. The maximum absolute atomic E-state index is 12.6. The lowest BCUT2D eigenvalue weighted by Crippen LogP contribution is -2.23. The first-order valence-electron chi connectivity index (χ1n) is 8.65. The minimum absolute atomic E-state index is 0.0283. The van der Waals surface area contributed by atoms with Gasteiger partial charge in [-0.1, -0.05) is 30.3 Å². The third-order valence-electron chi connectivity index (χ3n) is 3.94. The van der Waals surface area contributed by atoms with E-state index in [4.69, 9.17) is 5.26 Å². The Kier molecular flexibility index (Phi) is 6.01. The number of carbonyl (C=O) groups excluding carboxylic acids is 2. The van der Waals surface area contributed by atoms with Crippen molar-refractivity contribution in [1.82, 2.24) is 0 Å². The quantitative estimate of drug-likeness (QED) is 0.614. The molecule has 0 heterocycles. The van der Waals surface area contributed by atoms with Crippen LogP contribution in [0.2, 0.25) is 0 Å². The standard InChI is InChI=1S/C22H18N4O2/c23-14-16-10-12-17(13-11-16)24-15-21(27)26-20-9-5-4-8-19(20)22(28)25-18-6-2-1-3-7-18/h1-13,24H,15H2,(H,25,28)(H,26,27). The van der Waals surface area contributed by atoms with Crippen molar-refractivity contribution in [2.24, 2.45) is 0 Å². The second kappa shape index (κ2) is 9.01. The maximum Gasteiger partial charge on any atom is 0.257 e. The van der Waals surface area contributed by atoms with Crippen LogP contribution < -0.4 is 16.0 Å². The lowest BCUT2D eigenvalue weighted by molar-refractivity contribution is -0.114. The van der Waals surface area contributed by atoms with Crippen LogP contribution in [-0.4, -0.2) is 18.4 Å². The summed E-state index contributed by atoms with van der Waals surface area (Å²) < 4.78 is 0. The number of rotatable bonds is 6. The number of nitrogens with one attached hydrogen (secondary N) is 3. The topological polar surface area (TPSA) is 94.0 Å². The van der Waals surface area contributed by atoms with Crippen LogP contribution in [0.25, 0.3) is 0 Å². The molecule has 0 fully saturated rings. The van der Waals surface area contributed by atoms with E-state index in [9.17, 15) is 9.59 Å². The Morgan fingerprint density at radius 1 is 0.786 bits per heavy atom. The third-order valence-corrected chi connectivity index (χ3v) is 3.94. The summed E-state index contributed by atoms with van der Waals surface area (Å²) in [5.41, 5.74) is 2.76. The number of hydrogen-bond acceptors (Lipinski definition) is 4. The van der Waals surface area contributed by atoms with E-state index in [-0.39, 0.29) is 18.4 Å². The average Bonchev–Trinajstić information content (AvgIpc) is 2.73. The first-order chi connectivity index (χ1) is 13.7. The van der Waals surface area contributed by atoms with Gasteiger partial charge in [-0.2, -0.15) is 5.26 Å². The summed E-state index contributed by atoms with van der Waals surface area (Å²) in [6, 6.07) is 24.8. The van der Waals surface area contributed by atoms with Gasteiger partial charge in [-0.05, 0) is 48.5 Å². The largest absolute Gasteiger partial charge is 0.376 e. The molecule has 0 spiro atoms. The highest BCUT2D eigenvalue weighted by Gasteiger charge is 2.13. The first-order valence-corrected chi connectivity index (χ1v) is 8.65. The zero-order valence-electron chi connectivity index (χ0n) is 15.0. The number of benzene rings is 3. The van der Waals surface area contributed by atoms with Crippen molar-refractivity contribution in [3.05, 3.63) is 90.0 Å². The van der Waals surface area contributed by atoms with Crippen molar-refractivity contribution in [1.29, 1.82) is 5.26 Å². The van der Waals surface area contributed by atoms with Crippen LogP contribution in [0.1, 0.15) is 15.9 Å². The Labute approximate surface area is 162 Å². The van der Waals surface area contributed by atoms with Crippen molar-refractivity contribution >= 4 is 28.9 Å². The Hall–Kier alpha value is -4.11. The molecule has 6 nitrogen and oxygen atoms in total. The molecule has 0 unspecified atom stereocenters. The van der Waals surface area contributed by atoms with Gasteiger partial charge in [0.25, 0.3) is 5.91 Å². The molecule has 3 N–H and O–H groups in total. The van der Waals surface area contributed by atoms with Gasteiger partial charge < -0.3 is 16.0 Å². The van der Waals surface area contributed by atoms with Crippen molar-refractivity contribution in [2.45, 2.75) is 0 Å². The lowest BCUT2D eigenvalue weighted by Gasteiger charge is -2.12. The molecular formula is C22H18N4O2. The Morgan fingerprint density at radius 3 is 2.18 bits per heavy atom. The summed E-state index contributed by atoms with van der Waals surface area (Å²) in [5.74, 6) is -0.591. The van der Waals surface area contributed by atoms with Crippen molar-refractivity contribution < 1.29 is 9.59 Å². The lowest BCUT2D eigenvalue weighted by atomic mass is 10.1. The van der Waals surface area contributed by atoms with Gasteiger partial charge in [0.15, 0.2) is 0 Å². The van der Waals surface area contributed by atoms with Gasteiger partial charge in [-0.3, -0.25) is 9.59 Å². The van der Waals surface area contributed by atoms with Gasteiger partial charge in [-0.25, -0.2) is 0 Å². The molecule has 3 aromatic carbocycles. The van der Waals surface area contributed by atoms with E-state index in [1.807, 2.05) is 24.3 Å². The average molecular weight is 370 g/mol. The molecule has 2 amide bonds. The van der Waals surface area contributed by atoms with Crippen LogP contribution in [0, 0.1) is 11.3 Å². The Bertz CT molecular complexity index is 1010. The molecule has 0 bridgehead atoms. The van der Waals surface area contributed by atoms with Gasteiger partial charge in [-0.15, -0.1) is 0 Å². The first kappa shape index (κ1) is 18.7. The van der Waals surface area contributed by atoms with Gasteiger partial charge >= 0.3 is 0 Å². The van der Waals surface area contributed by atoms with Crippen molar-refractivity contribution in [2.75, 3.05) is 22.5 Å². The molecule has 138 valence electrons. The summed E-state index contributed by atoms with van der Waals surface area (Å²) in [6.07, 6.45) is 0. The SMILES string of the molecule is N#Cc1ccc(NCC(=O)Nc2ccccc2C(=O)Nc2ccccc2)cc1. The highest BCUT2D eigenvalue weighted by atomic mass is 16.2. The number of nitriles is 1. The highest BCUT2D eigenvalue weighted by molar-refractivity contribution is 6.10. The summed E-state index contributed by atoms with van der Waals surface area (Å²) in [6.45, 7) is 0.0283. The predicted molar refractivity (Wildman–Crippen MR) is 109 cm³/mol. The van der Waals surface area contributed by atoms with Crippen LogP contribution in [0.5, 0.6) is 0 Å². The minimum atomic E-state index is -0.304. The molecule has 0 aromatic heterocycles. The van der Waals surface area contributed by atoms with E-state index < -0.39 is 0 Å². The van der Waals surface area contributed by atoms with E-state index in [0.29, 0.717) is 22.5 Å². The van der Waals surface area contributed by atoms with Gasteiger partial charge in [0, 0.05) is 11.4 Å². The van der Waals surface area contributed by atoms with E-state index in [2.05, 4.69) is 16.0 Å². The fourth-order valence-electron chi connectivity index (χ4n) is 2.55. The molecule has 0 aliphatic rings. The molecule has 0 saturated heterocycles. The molecule has 0 saturated carbocycles. The summed E-state index contributed by atoms with van der Waals surface area (Å²) in [4.78, 5) is 24.8. The zero-order chi connectivity index (χ0) is 19.8. The van der Waals surface area contributed by atoms with Crippen LogP contribution in [0.3, 0.4) is 0 Å². The number of anilines is 3. The monoisotopic (exact) mass is 370 g/mol. The molecule has 28 heavy (non-hydrogen) atoms. The number of hydrogen-bond donors (Lipinski definition) is 3. The number of carbonyl (C=O) groups is 2. The molecular weight excluding hydrogens is 352 g/mol. The fraction of sp³-hybridized carbons (Fsp3) is 0.0455. The molecule has 3 rings (SSSR count). The number of nitrogens with zero attached hydrogens (tertiary/aromatic N) is 1. The molecule has 0 aliphatic carbocycles. The molecule has 0 radical (unpaired) electrons. The summed E-state index contributed by atoms with van der Waals surface area (Å²) in [7, 11) is 0. The van der Waals surface area contributed by atoms with Crippen LogP contribution in [0.4, 0.5) is 17.1 Å². The van der Waals surface area contributed by atoms with Gasteiger partial charge in [0.2, 0.25) is 5.91 Å². The minimum Gasteiger partial charge on any atom is -0.376 e. The normalized spacial score (nSPS) is 9.82. The second-order valence-corrected chi connectivity index (χ2v) is 5.96.